The van der Waals surface area contributed by atoms with Crippen LogP contribution >= 0.6 is 11.8 Å². The zero-order valence-corrected chi connectivity index (χ0v) is 11.2. The third kappa shape index (κ3) is 4.26. The Balaban J connectivity index is 1.88. The van der Waals surface area contributed by atoms with Crippen LogP contribution in [-0.4, -0.2) is 21.6 Å². The highest BCUT2D eigenvalue weighted by Crippen LogP contribution is 2.14. The van der Waals surface area contributed by atoms with Crippen LogP contribution in [0.4, 0.5) is 5.69 Å². The van der Waals surface area contributed by atoms with Crippen LogP contribution in [0.25, 0.3) is 0 Å². The molecule has 1 aromatic heterocycles. The van der Waals surface area contributed by atoms with E-state index in [2.05, 4.69) is 15.3 Å². The predicted octanol–water partition coefficient (Wildman–Crippen LogP) is 1.81. The van der Waals surface area contributed by atoms with E-state index >= 15 is 0 Å². The van der Waals surface area contributed by atoms with Gasteiger partial charge in [0.2, 0.25) is 5.91 Å². The molecule has 6 heteroatoms. The molecule has 1 heterocycles. The molecule has 0 radical (unpaired) electrons. The zero-order chi connectivity index (χ0) is 13.7. The SMILES string of the molecule is Cc1ccc(NC(=O)CSc2ccnc(=O)[nH]2)cc1. The third-order valence-electron chi connectivity index (χ3n) is 2.34. The molecule has 0 aliphatic rings. The van der Waals surface area contributed by atoms with E-state index < -0.39 is 5.69 Å². The number of hydrogen-bond acceptors (Lipinski definition) is 4. The highest BCUT2D eigenvalue weighted by atomic mass is 32.2. The Hall–Kier alpha value is -2.08. The van der Waals surface area contributed by atoms with Gasteiger partial charge in [-0.3, -0.25) is 4.79 Å². The summed E-state index contributed by atoms with van der Waals surface area (Å²) in [5.41, 5.74) is 1.49. The molecule has 5 nitrogen and oxygen atoms in total. The predicted molar refractivity (Wildman–Crippen MR) is 75.4 cm³/mol. The van der Waals surface area contributed by atoms with Gasteiger partial charge in [-0.25, -0.2) is 9.78 Å². The monoisotopic (exact) mass is 275 g/mol. The van der Waals surface area contributed by atoms with Crippen molar-refractivity contribution in [1.29, 1.82) is 0 Å². The largest absolute Gasteiger partial charge is 0.345 e. The number of rotatable bonds is 4. The standard InChI is InChI=1S/C13H13N3O2S/c1-9-2-4-10(5-3-9)15-11(17)8-19-12-6-7-14-13(18)16-12/h2-7H,8H2,1H3,(H,15,17)(H,14,16,18). The molecule has 2 N–H and O–H groups in total. The maximum atomic E-state index is 11.7. The Morgan fingerprint density at radius 3 is 2.74 bits per heavy atom. The molecule has 0 saturated heterocycles. The van der Waals surface area contributed by atoms with Crippen LogP contribution in [0.3, 0.4) is 0 Å². The van der Waals surface area contributed by atoms with E-state index in [4.69, 9.17) is 0 Å². The van der Waals surface area contributed by atoms with E-state index in [1.54, 1.807) is 6.07 Å². The minimum Gasteiger partial charge on any atom is -0.325 e. The van der Waals surface area contributed by atoms with Gasteiger partial charge in [-0.15, -0.1) is 0 Å². The molecule has 1 amide bonds. The second kappa shape index (κ2) is 6.19. The Morgan fingerprint density at radius 2 is 2.05 bits per heavy atom. The first-order chi connectivity index (χ1) is 9.13. The summed E-state index contributed by atoms with van der Waals surface area (Å²) in [7, 11) is 0. The second-order valence-electron chi connectivity index (χ2n) is 3.94. The number of aryl methyl sites for hydroxylation is 1. The Labute approximate surface area is 114 Å². The van der Waals surface area contributed by atoms with E-state index in [0.29, 0.717) is 5.03 Å². The summed E-state index contributed by atoms with van der Waals surface area (Å²) >= 11 is 1.26. The van der Waals surface area contributed by atoms with Gasteiger partial charge in [0.25, 0.3) is 0 Å². The fourth-order valence-corrected chi connectivity index (χ4v) is 2.09. The Bertz CT molecular complexity index is 622. The molecule has 0 aliphatic carbocycles. The molecule has 0 spiro atoms. The van der Waals surface area contributed by atoms with Crippen LogP contribution in [0.15, 0.2) is 46.3 Å². The first-order valence-electron chi connectivity index (χ1n) is 5.68. The van der Waals surface area contributed by atoms with Crippen LogP contribution in [0, 0.1) is 6.92 Å². The van der Waals surface area contributed by atoms with Gasteiger partial charge in [0.1, 0.15) is 0 Å². The molecule has 0 aliphatic heterocycles. The summed E-state index contributed by atoms with van der Waals surface area (Å²) in [4.78, 5) is 28.8. The number of nitrogens with one attached hydrogen (secondary N) is 2. The van der Waals surface area contributed by atoms with Crippen molar-refractivity contribution < 1.29 is 4.79 Å². The van der Waals surface area contributed by atoms with Gasteiger partial charge in [-0.2, -0.15) is 0 Å². The fraction of sp³-hybridized carbons (Fsp3) is 0.154. The van der Waals surface area contributed by atoms with E-state index in [9.17, 15) is 9.59 Å². The first-order valence-corrected chi connectivity index (χ1v) is 6.67. The molecule has 0 fully saturated rings. The Morgan fingerprint density at radius 1 is 1.32 bits per heavy atom. The lowest BCUT2D eigenvalue weighted by Crippen LogP contribution is -2.15. The molecule has 19 heavy (non-hydrogen) atoms. The molecule has 0 unspecified atom stereocenters. The Kier molecular flexibility index (Phi) is 4.35. The fourth-order valence-electron chi connectivity index (χ4n) is 1.41. The third-order valence-corrected chi connectivity index (χ3v) is 3.30. The lowest BCUT2D eigenvalue weighted by molar-refractivity contribution is -0.113. The van der Waals surface area contributed by atoms with Crippen molar-refractivity contribution in [2.24, 2.45) is 0 Å². The maximum absolute atomic E-state index is 11.7. The highest BCUT2D eigenvalue weighted by Gasteiger charge is 2.04. The van der Waals surface area contributed by atoms with Crippen molar-refractivity contribution in [3.05, 3.63) is 52.6 Å². The molecule has 0 atom stereocenters. The smallest absolute Gasteiger partial charge is 0.325 e. The van der Waals surface area contributed by atoms with Gasteiger partial charge in [-0.05, 0) is 25.1 Å². The van der Waals surface area contributed by atoms with Gasteiger partial charge in [0, 0.05) is 11.9 Å². The van der Waals surface area contributed by atoms with Crippen LogP contribution in [0.5, 0.6) is 0 Å². The topological polar surface area (TPSA) is 74.8 Å². The highest BCUT2D eigenvalue weighted by molar-refractivity contribution is 7.99. The van der Waals surface area contributed by atoms with Crippen molar-refractivity contribution in [2.45, 2.75) is 11.9 Å². The summed E-state index contributed by atoms with van der Waals surface area (Å²) in [6, 6.07) is 9.23. The molecule has 2 rings (SSSR count). The first kappa shape index (κ1) is 13.4. The molecule has 1 aromatic carbocycles. The van der Waals surface area contributed by atoms with Crippen LogP contribution < -0.4 is 11.0 Å². The molecular formula is C13H13N3O2S. The number of H-pyrrole nitrogens is 1. The minimum atomic E-state index is -0.413. The lowest BCUT2D eigenvalue weighted by atomic mass is 10.2. The number of benzene rings is 1. The van der Waals surface area contributed by atoms with Gasteiger partial charge in [0.15, 0.2) is 0 Å². The van der Waals surface area contributed by atoms with Crippen LogP contribution in [0.2, 0.25) is 0 Å². The number of hydrogen-bond donors (Lipinski definition) is 2. The summed E-state index contributed by atoms with van der Waals surface area (Å²) in [6.07, 6.45) is 1.42. The van der Waals surface area contributed by atoms with Crippen molar-refractivity contribution in [1.82, 2.24) is 9.97 Å². The summed E-state index contributed by atoms with van der Waals surface area (Å²) in [5.74, 6) is 0.111. The second-order valence-corrected chi connectivity index (χ2v) is 4.96. The van der Waals surface area contributed by atoms with Crippen LogP contribution in [0.1, 0.15) is 5.56 Å². The number of anilines is 1. The van der Waals surface area contributed by atoms with Gasteiger partial charge >= 0.3 is 5.69 Å². The van der Waals surface area contributed by atoms with Crippen molar-refractivity contribution >= 4 is 23.4 Å². The van der Waals surface area contributed by atoms with Gasteiger partial charge in [0.05, 0.1) is 10.8 Å². The van der Waals surface area contributed by atoms with E-state index in [-0.39, 0.29) is 11.7 Å². The average molecular weight is 275 g/mol. The lowest BCUT2D eigenvalue weighted by Gasteiger charge is -2.05. The van der Waals surface area contributed by atoms with E-state index in [1.165, 1.54) is 18.0 Å². The van der Waals surface area contributed by atoms with Crippen molar-refractivity contribution in [2.75, 3.05) is 11.1 Å². The van der Waals surface area contributed by atoms with E-state index in [0.717, 1.165) is 11.3 Å². The van der Waals surface area contributed by atoms with E-state index in [1.807, 2.05) is 31.2 Å². The average Bonchev–Trinajstić information content (AvgIpc) is 2.39. The van der Waals surface area contributed by atoms with Gasteiger partial charge < -0.3 is 10.3 Å². The summed E-state index contributed by atoms with van der Waals surface area (Å²) < 4.78 is 0. The number of aromatic nitrogens is 2. The number of amides is 1. The quantitative estimate of drug-likeness (QED) is 0.659. The maximum Gasteiger partial charge on any atom is 0.345 e. The zero-order valence-electron chi connectivity index (χ0n) is 10.3. The number of carbonyl (C=O) groups is 1. The normalized spacial score (nSPS) is 10.2. The van der Waals surface area contributed by atoms with Crippen molar-refractivity contribution in [3.63, 3.8) is 0 Å². The van der Waals surface area contributed by atoms with Crippen LogP contribution in [-0.2, 0) is 4.79 Å². The molecular weight excluding hydrogens is 262 g/mol. The number of aromatic amines is 1. The molecule has 0 saturated carbocycles. The molecule has 98 valence electrons. The number of thioether (sulfide) groups is 1. The number of carbonyl (C=O) groups excluding carboxylic acids is 1. The summed E-state index contributed by atoms with van der Waals surface area (Å²) in [5, 5.41) is 3.41. The van der Waals surface area contributed by atoms with Gasteiger partial charge in [-0.1, -0.05) is 29.5 Å². The molecule has 0 bridgehead atoms. The summed E-state index contributed by atoms with van der Waals surface area (Å²) in [6.45, 7) is 1.99. The molecule has 2 aromatic rings. The minimum absolute atomic E-state index is 0.119. The van der Waals surface area contributed by atoms with Crippen molar-refractivity contribution in [3.8, 4) is 0 Å². The number of nitrogens with zero attached hydrogens (tertiary/aromatic N) is 1.